The average molecular weight is 326 g/mol. The number of ether oxygens (including phenoxy) is 3. The Morgan fingerprint density at radius 3 is 2.29 bits per heavy atom. The number of hydrogen-bond acceptors (Lipinski definition) is 5. The molecule has 2 heterocycles. The first kappa shape index (κ1) is 15.4. The minimum Gasteiger partial charge on any atom is -0.497 e. The van der Waals surface area contributed by atoms with Crippen molar-refractivity contribution in [3.63, 3.8) is 0 Å². The highest BCUT2D eigenvalue weighted by atomic mass is 32.2. The van der Waals surface area contributed by atoms with Gasteiger partial charge in [0, 0.05) is 6.07 Å². The van der Waals surface area contributed by atoms with Crippen LogP contribution in [0.15, 0.2) is 18.2 Å². The predicted octanol–water partition coefficient (Wildman–Crippen LogP) is 3.60. The van der Waals surface area contributed by atoms with Crippen LogP contribution in [0.3, 0.4) is 0 Å². The highest BCUT2D eigenvalue weighted by molar-refractivity contribution is 8.18. The maximum atomic E-state index is 5.49. The SMILES string of the molecule is COc1cc(CC2(C[C@H]3CO3)SCCCS2)cc(OC)c1. The zero-order valence-corrected chi connectivity index (χ0v) is 14.2. The van der Waals surface area contributed by atoms with E-state index in [0.29, 0.717) is 6.10 Å². The summed E-state index contributed by atoms with van der Waals surface area (Å²) >= 11 is 4.20. The maximum Gasteiger partial charge on any atom is 0.122 e. The number of rotatable bonds is 6. The van der Waals surface area contributed by atoms with Gasteiger partial charge in [0.15, 0.2) is 0 Å². The zero-order chi connectivity index (χ0) is 14.7. The van der Waals surface area contributed by atoms with Gasteiger partial charge in [0.2, 0.25) is 0 Å². The molecule has 2 aliphatic heterocycles. The summed E-state index contributed by atoms with van der Waals surface area (Å²) in [6, 6.07) is 6.20. The van der Waals surface area contributed by atoms with Crippen molar-refractivity contribution in [1.29, 1.82) is 0 Å². The van der Waals surface area contributed by atoms with Crippen LogP contribution in [0.4, 0.5) is 0 Å². The third-order valence-electron chi connectivity index (χ3n) is 3.84. The molecule has 5 heteroatoms. The lowest BCUT2D eigenvalue weighted by Crippen LogP contribution is -2.29. The summed E-state index contributed by atoms with van der Waals surface area (Å²) in [4.78, 5) is 0. The Bertz CT molecular complexity index is 460. The van der Waals surface area contributed by atoms with Gasteiger partial charge in [0.1, 0.15) is 11.5 Å². The van der Waals surface area contributed by atoms with Gasteiger partial charge in [-0.3, -0.25) is 0 Å². The van der Waals surface area contributed by atoms with Crippen molar-refractivity contribution >= 4 is 23.5 Å². The Balaban J connectivity index is 1.80. The predicted molar refractivity (Wildman–Crippen MR) is 89.9 cm³/mol. The Morgan fingerprint density at radius 1 is 1.14 bits per heavy atom. The summed E-state index contributed by atoms with van der Waals surface area (Å²) in [5, 5.41) is 0. The molecule has 3 nitrogen and oxygen atoms in total. The Morgan fingerprint density at radius 2 is 1.76 bits per heavy atom. The molecule has 2 aliphatic rings. The topological polar surface area (TPSA) is 31.0 Å². The summed E-state index contributed by atoms with van der Waals surface area (Å²) in [7, 11) is 3.41. The van der Waals surface area contributed by atoms with Gasteiger partial charge in [-0.05, 0) is 48.5 Å². The van der Waals surface area contributed by atoms with Gasteiger partial charge in [-0.2, -0.15) is 0 Å². The summed E-state index contributed by atoms with van der Waals surface area (Å²) in [5.41, 5.74) is 1.29. The molecule has 116 valence electrons. The van der Waals surface area contributed by atoms with Gasteiger partial charge in [0.05, 0.1) is 31.0 Å². The molecule has 2 saturated heterocycles. The van der Waals surface area contributed by atoms with E-state index >= 15 is 0 Å². The van der Waals surface area contributed by atoms with Crippen molar-refractivity contribution in [1.82, 2.24) is 0 Å². The molecule has 3 rings (SSSR count). The van der Waals surface area contributed by atoms with Gasteiger partial charge >= 0.3 is 0 Å². The van der Waals surface area contributed by atoms with Crippen LogP contribution in [0.5, 0.6) is 11.5 Å². The van der Waals surface area contributed by atoms with Gasteiger partial charge in [-0.15, -0.1) is 23.5 Å². The van der Waals surface area contributed by atoms with Crippen LogP contribution < -0.4 is 9.47 Å². The normalized spacial score (nSPS) is 23.6. The largest absolute Gasteiger partial charge is 0.497 e. The smallest absolute Gasteiger partial charge is 0.122 e. The Kier molecular flexibility index (Phi) is 4.92. The zero-order valence-electron chi connectivity index (χ0n) is 12.6. The maximum absolute atomic E-state index is 5.49. The van der Waals surface area contributed by atoms with Crippen LogP contribution in [-0.2, 0) is 11.2 Å². The van der Waals surface area contributed by atoms with Crippen LogP contribution in [-0.4, -0.2) is 42.5 Å². The van der Waals surface area contributed by atoms with E-state index in [0.717, 1.165) is 30.9 Å². The lowest BCUT2D eigenvalue weighted by Gasteiger charge is -2.36. The minimum absolute atomic E-state index is 0.247. The molecule has 21 heavy (non-hydrogen) atoms. The summed E-state index contributed by atoms with van der Waals surface area (Å²) in [5.74, 6) is 4.24. The first-order valence-electron chi connectivity index (χ1n) is 7.34. The highest BCUT2D eigenvalue weighted by Gasteiger charge is 2.40. The quantitative estimate of drug-likeness (QED) is 0.746. The highest BCUT2D eigenvalue weighted by Crippen LogP contribution is 2.49. The van der Waals surface area contributed by atoms with E-state index in [1.165, 1.54) is 23.5 Å². The third-order valence-corrected chi connectivity index (χ3v) is 7.21. The fourth-order valence-electron chi connectivity index (χ4n) is 2.72. The lowest BCUT2D eigenvalue weighted by molar-refractivity contribution is 0.387. The Labute approximate surface area is 135 Å². The molecule has 0 radical (unpaired) electrons. The second-order valence-electron chi connectivity index (χ2n) is 5.52. The van der Waals surface area contributed by atoms with E-state index in [4.69, 9.17) is 14.2 Å². The van der Waals surface area contributed by atoms with Gasteiger partial charge in [0.25, 0.3) is 0 Å². The van der Waals surface area contributed by atoms with E-state index in [2.05, 4.69) is 35.7 Å². The first-order valence-corrected chi connectivity index (χ1v) is 9.32. The molecule has 1 atom stereocenters. The summed E-state index contributed by atoms with van der Waals surface area (Å²) in [6.07, 6.45) is 3.96. The van der Waals surface area contributed by atoms with E-state index in [1.54, 1.807) is 14.2 Å². The van der Waals surface area contributed by atoms with Crippen molar-refractivity contribution in [2.75, 3.05) is 32.3 Å². The van der Waals surface area contributed by atoms with Gasteiger partial charge in [-0.1, -0.05) is 0 Å². The van der Waals surface area contributed by atoms with Crippen LogP contribution in [0.1, 0.15) is 18.4 Å². The molecule has 0 aromatic heterocycles. The van der Waals surface area contributed by atoms with Crippen molar-refractivity contribution in [2.45, 2.75) is 29.4 Å². The number of methoxy groups -OCH3 is 2. The second kappa shape index (κ2) is 6.71. The van der Waals surface area contributed by atoms with Crippen molar-refractivity contribution < 1.29 is 14.2 Å². The van der Waals surface area contributed by atoms with Gasteiger partial charge < -0.3 is 14.2 Å². The molecule has 1 aromatic carbocycles. The van der Waals surface area contributed by atoms with Crippen LogP contribution in [0.25, 0.3) is 0 Å². The molecule has 0 aliphatic carbocycles. The fraction of sp³-hybridized carbons (Fsp3) is 0.625. The molecular formula is C16H22O3S2. The van der Waals surface area contributed by atoms with E-state index in [1.807, 2.05) is 6.07 Å². The van der Waals surface area contributed by atoms with Crippen LogP contribution in [0, 0.1) is 0 Å². The number of epoxide rings is 1. The molecule has 0 N–H and O–H groups in total. The molecule has 2 fully saturated rings. The minimum atomic E-state index is 0.247. The molecule has 0 bridgehead atoms. The third kappa shape index (κ3) is 4.02. The average Bonchev–Trinajstić information content (AvgIpc) is 3.31. The van der Waals surface area contributed by atoms with E-state index < -0.39 is 0 Å². The number of hydrogen-bond donors (Lipinski definition) is 0. The summed E-state index contributed by atoms with van der Waals surface area (Å²) in [6.45, 7) is 0.935. The molecular weight excluding hydrogens is 304 g/mol. The summed E-state index contributed by atoms with van der Waals surface area (Å²) < 4.78 is 16.5. The molecule has 0 saturated carbocycles. The number of thioether (sulfide) groups is 2. The molecule has 0 amide bonds. The number of benzene rings is 1. The van der Waals surface area contributed by atoms with Crippen molar-refractivity contribution in [2.24, 2.45) is 0 Å². The van der Waals surface area contributed by atoms with Gasteiger partial charge in [-0.25, -0.2) is 0 Å². The lowest BCUT2D eigenvalue weighted by atomic mass is 10.1. The monoisotopic (exact) mass is 326 g/mol. The molecule has 0 unspecified atom stereocenters. The van der Waals surface area contributed by atoms with Crippen molar-refractivity contribution in [3.05, 3.63) is 23.8 Å². The van der Waals surface area contributed by atoms with Crippen LogP contribution in [0.2, 0.25) is 0 Å². The van der Waals surface area contributed by atoms with Crippen LogP contribution >= 0.6 is 23.5 Å². The fourth-order valence-corrected chi connectivity index (χ4v) is 6.20. The second-order valence-corrected chi connectivity index (χ2v) is 8.73. The van der Waals surface area contributed by atoms with Crippen molar-refractivity contribution in [3.8, 4) is 11.5 Å². The standard InChI is InChI=1S/C16H22O3S2/c1-17-13-6-12(7-14(8-13)18-2)9-16(10-15-11-19-15)20-4-3-5-21-16/h6-8,15H,3-5,9-11H2,1-2H3/t15-/m0/s1. The first-order chi connectivity index (χ1) is 10.2. The van der Waals surface area contributed by atoms with E-state index in [9.17, 15) is 0 Å². The van der Waals surface area contributed by atoms with E-state index in [-0.39, 0.29) is 4.08 Å². The molecule has 1 aromatic rings. The molecule has 0 spiro atoms. The Hall–Kier alpha value is -0.520.